The summed E-state index contributed by atoms with van der Waals surface area (Å²) >= 11 is 0. The van der Waals surface area contributed by atoms with E-state index < -0.39 is 23.6 Å². The summed E-state index contributed by atoms with van der Waals surface area (Å²) in [5.74, 6) is -0.820. The molecule has 0 aliphatic rings. The quantitative estimate of drug-likeness (QED) is 0.348. The van der Waals surface area contributed by atoms with Crippen LogP contribution >= 0.6 is 0 Å². The molecule has 0 fully saturated rings. The number of pyridine rings is 3. The van der Waals surface area contributed by atoms with Gasteiger partial charge in [0.25, 0.3) is 11.8 Å². The third-order valence-electron chi connectivity index (χ3n) is 6.24. The van der Waals surface area contributed by atoms with Crippen molar-refractivity contribution in [1.82, 2.24) is 34.8 Å². The molecule has 39 heavy (non-hydrogen) atoms. The molecule has 10 nitrogen and oxygen atoms in total. The molecule has 0 unspecified atom stereocenters. The summed E-state index contributed by atoms with van der Waals surface area (Å²) in [6.07, 6.45) is 0.579. The van der Waals surface area contributed by atoms with Crippen LogP contribution < -0.4 is 5.73 Å². The van der Waals surface area contributed by atoms with Crippen LogP contribution in [0.4, 0.5) is 19.0 Å². The van der Waals surface area contributed by atoms with Crippen LogP contribution in [0, 0.1) is 0 Å². The Balaban J connectivity index is 1.56. The molecule has 0 atom stereocenters. The Morgan fingerprint density at radius 1 is 0.974 bits per heavy atom. The lowest BCUT2D eigenvalue weighted by atomic mass is 10.1. The maximum absolute atomic E-state index is 13.9. The number of aryl methyl sites for hydroxylation is 1. The number of alkyl halides is 3. The van der Waals surface area contributed by atoms with Gasteiger partial charge in [-0.15, -0.1) is 0 Å². The zero-order valence-electron chi connectivity index (χ0n) is 20.7. The Morgan fingerprint density at radius 3 is 2.38 bits per heavy atom. The Labute approximate surface area is 219 Å². The number of carbonyl (C=O) groups excluding carboxylic acids is 2. The van der Waals surface area contributed by atoms with Crippen LogP contribution in [0.1, 0.15) is 32.0 Å². The van der Waals surface area contributed by atoms with Crippen molar-refractivity contribution in [2.45, 2.75) is 12.7 Å². The third kappa shape index (κ3) is 4.81. The summed E-state index contributed by atoms with van der Waals surface area (Å²) in [5.41, 5.74) is 6.97. The highest BCUT2D eigenvalue weighted by Crippen LogP contribution is 2.30. The van der Waals surface area contributed by atoms with E-state index in [0.717, 1.165) is 16.1 Å². The van der Waals surface area contributed by atoms with Gasteiger partial charge in [-0.3, -0.25) is 24.2 Å². The standard InChI is InChI=1S/C26H21F3N8O2/c1-35-22-19-11-16(3-6-21(19)34-23(30)20(22)13-33-35)25(39)37(36(2)24(38)15-7-9-31-10-8-15)14-18-5-4-17(12-32-18)26(27,28)29/h3-13H,14H2,1-2H3,(H2,30,34). The smallest absolute Gasteiger partial charge is 0.383 e. The maximum atomic E-state index is 13.9. The molecule has 0 saturated heterocycles. The molecule has 0 saturated carbocycles. The zero-order valence-corrected chi connectivity index (χ0v) is 20.7. The van der Waals surface area contributed by atoms with Gasteiger partial charge in [0.05, 0.1) is 40.4 Å². The molecule has 2 amide bonds. The van der Waals surface area contributed by atoms with Crippen molar-refractivity contribution in [2.24, 2.45) is 7.05 Å². The summed E-state index contributed by atoms with van der Waals surface area (Å²) in [7, 11) is 3.13. The van der Waals surface area contributed by atoms with Crippen LogP contribution in [0.2, 0.25) is 0 Å². The minimum absolute atomic E-state index is 0.148. The summed E-state index contributed by atoms with van der Waals surface area (Å²) in [4.78, 5) is 39.3. The van der Waals surface area contributed by atoms with Crippen molar-refractivity contribution in [3.63, 3.8) is 0 Å². The van der Waals surface area contributed by atoms with E-state index in [2.05, 4.69) is 20.1 Å². The van der Waals surface area contributed by atoms with E-state index in [1.54, 1.807) is 30.1 Å². The van der Waals surface area contributed by atoms with Crippen molar-refractivity contribution in [3.05, 3.63) is 89.6 Å². The molecular formula is C26H21F3N8O2. The molecule has 198 valence electrons. The summed E-state index contributed by atoms with van der Waals surface area (Å²) in [5, 5.41) is 7.68. The molecule has 4 aromatic heterocycles. The van der Waals surface area contributed by atoms with Gasteiger partial charge in [0.2, 0.25) is 0 Å². The number of amides is 2. The van der Waals surface area contributed by atoms with Crippen LogP contribution in [0.25, 0.3) is 21.8 Å². The molecule has 0 aliphatic heterocycles. The maximum Gasteiger partial charge on any atom is 0.417 e. The minimum Gasteiger partial charge on any atom is -0.383 e. The number of benzene rings is 1. The van der Waals surface area contributed by atoms with E-state index in [-0.39, 0.29) is 23.4 Å². The summed E-state index contributed by atoms with van der Waals surface area (Å²) in [6.45, 7) is -0.274. The second-order valence-corrected chi connectivity index (χ2v) is 8.72. The fourth-order valence-corrected chi connectivity index (χ4v) is 4.18. The van der Waals surface area contributed by atoms with Crippen LogP contribution in [-0.2, 0) is 19.8 Å². The van der Waals surface area contributed by atoms with E-state index in [9.17, 15) is 22.8 Å². The Morgan fingerprint density at radius 2 is 1.72 bits per heavy atom. The summed E-state index contributed by atoms with van der Waals surface area (Å²) < 4.78 is 40.7. The first kappa shape index (κ1) is 25.6. The number of halogens is 3. The number of hydrogen-bond donors (Lipinski definition) is 1. The first-order valence-electron chi connectivity index (χ1n) is 11.6. The Hall–Kier alpha value is -5.07. The van der Waals surface area contributed by atoms with Crippen LogP contribution in [0.5, 0.6) is 0 Å². The minimum atomic E-state index is -4.56. The van der Waals surface area contributed by atoms with Crippen molar-refractivity contribution in [3.8, 4) is 0 Å². The number of fused-ring (bicyclic) bond motifs is 3. The van der Waals surface area contributed by atoms with Gasteiger partial charge in [-0.1, -0.05) is 0 Å². The van der Waals surface area contributed by atoms with Crippen LogP contribution in [-0.4, -0.2) is 53.6 Å². The molecule has 1 aromatic carbocycles. The Kier molecular flexibility index (Phi) is 6.34. The van der Waals surface area contributed by atoms with Gasteiger partial charge in [-0.2, -0.15) is 18.3 Å². The van der Waals surface area contributed by atoms with Crippen molar-refractivity contribution in [2.75, 3.05) is 12.8 Å². The Bertz CT molecular complexity index is 1700. The third-order valence-corrected chi connectivity index (χ3v) is 6.24. The second kappa shape index (κ2) is 9.67. The number of aromatic nitrogens is 5. The number of nitrogens with zero attached hydrogens (tertiary/aromatic N) is 7. The van der Waals surface area contributed by atoms with Crippen molar-refractivity contribution >= 4 is 39.4 Å². The molecule has 0 radical (unpaired) electrons. The number of hydrogen-bond acceptors (Lipinski definition) is 7. The summed E-state index contributed by atoms with van der Waals surface area (Å²) in [6, 6.07) is 9.81. The average Bonchev–Trinajstić information content (AvgIpc) is 3.33. The average molecular weight is 535 g/mol. The molecule has 13 heteroatoms. The highest BCUT2D eigenvalue weighted by Gasteiger charge is 2.31. The molecule has 0 bridgehead atoms. The monoisotopic (exact) mass is 534 g/mol. The lowest BCUT2D eigenvalue weighted by molar-refractivity contribution is -0.137. The second-order valence-electron chi connectivity index (χ2n) is 8.72. The zero-order chi connectivity index (χ0) is 27.9. The fourth-order valence-electron chi connectivity index (χ4n) is 4.18. The lowest BCUT2D eigenvalue weighted by Crippen LogP contribution is -2.47. The first-order valence-corrected chi connectivity index (χ1v) is 11.6. The number of carbonyl (C=O) groups is 2. The van der Waals surface area contributed by atoms with E-state index in [0.29, 0.717) is 33.8 Å². The fraction of sp³-hybridized carbons (Fsp3) is 0.154. The number of hydrazine groups is 1. The topological polar surface area (TPSA) is 123 Å². The van der Waals surface area contributed by atoms with Gasteiger partial charge in [-0.25, -0.2) is 15.0 Å². The van der Waals surface area contributed by atoms with E-state index >= 15 is 0 Å². The van der Waals surface area contributed by atoms with Gasteiger partial charge in [0.15, 0.2) is 0 Å². The molecule has 2 N–H and O–H groups in total. The highest BCUT2D eigenvalue weighted by atomic mass is 19.4. The number of nitrogen functional groups attached to an aromatic ring is 1. The van der Waals surface area contributed by atoms with Crippen LogP contribution in [0.3, 0.4) is 0 Å². The first-order chi connectivity index (χ1) is 18.5. The number of anilines is 1. The largest absolute Gasteiger partial charge is 0.417 e. The molecule has 0 spiro atoms. The van der Waals surface area contributed by atoms with Crippen molar-refractivity contribution < 1.29 is 22.8 Å². The van der Waals surface area contributed by atoms with Gasteiger partial charge in [0.1, 0.15) is 5.82 Å². The van der Waals surface area contributed by atoms with E-state index in [1.807, 2.05) is 0 Å². The SMILES string of the molecule is CN(C(=O)c1ccncc1)N(Cc1ccc(C(F)(F)F)cn1)C(=O)c1ccc2nc(N)c3cnn(C)c3c2c1. The molecule has 0 aliphatic carbocycles. The molecule has 5 rings (SSSR count). The molecule has 5 aromatic rings. The van der Waals surface area contributed by atoms with E-state index in [4.69, 9.17) is 5.73 Å². The predicted molar refractivity (Wildman–Crippen MR) is 136 cm³/mol. The number of nitrogens with two attached hydrogens (primary N) is 1. The molecular weight excluding hydrogens is 513 g/mol. The van der Waals surface area contributed by atoms with E-state index in [1.165, 1.54) is 43.7 Å². The number of rotatable bonds is 4. The van der Waals surface area contributed by atoms with Crippen molar-refractivity contribution in [1.29, 1.82) is 0 Å². The van der Waals surface area contributed by atoms with Gasteiger partial charge in [-0.05, 0) is 42.5 Å². The van der Waals surface area contributed by atoms with Gasteiger partial charge in [0, 0.05) is 49.2 Å². The lowest BCUT2D eigenvalue weighted by Gasteiger charge is -2.32. The normalized spacial score (nSPS) is 11.6. The molecule has 4 heterocycles. The van der Waals surface area contributed by atoms with Gasteiger partial charge >= 0.3 is 6.18 Å². The predicted octanol–water partition coefficient (Wildman–Crippen LogP) is 3.84. The van der Waals surface area contributed by atoms with Gasteiger partial charge < -0.3 is 5.73 Å². The van der Waals surface area contributed by atoms with Crippen LogP contribution in [0.15, 0.2) is 67.3 Å². The highest BCUT2D eigenvalue weighted by molar-refractivity contribution is 6.10.